The van der Waals surface area contributed by atoms with Gasteiger partial charge >= 0.3 is 0 Å². The van der Waals surface area contributed by atoms with Gasteiger partial charge in [0.15, 0.2) is 0 Å². The van der Waals surface area contributed by atoms with E-state index in [2.05, 4.69) is 43.1 Å². The van der Waals surface area contributed by atoms with Gasteiger partial charge in [-0.25, -0.2) is 9.37 Å². The monoisotopic (exact) mass is 451 g/mol. The summed E-state index contributed by atoms with van der Waals surface area (Å²) in [5, 5.41) is 9.43. The van der Waals surface area contributed by atoms with Crippen molar-refractivity contribution in [1.82, 2.24) is 20.1 Å². The lowest BCUT2D eigenvalue weighted by atomic mass is 9.97. The molecule has 0 aliphatic carbocycles. The number of pyridine rings is 1. The highest BCUT2D eigenvalue weighted by Gasteiger charge is 2.28. The Labute approximate surface area is 195 Å². The van der Waals surface area contributed by atoms with E-state index in [0.717, 1.165) is 91.3 Å². The number of ether oxygens (including phenoxy) is 1. The zero-order valence-corrected chi connectivity index (χ0v) is 20.1. The number of nitrogens with one attached hydrogen (secondary N) is 1. The van der Waals surface area contributed by atoms with E-state index in [9.17, 15) is 0 Å². The van der Waals surface area contributed by atoms with Gasteiger partial charge in [-0.15, -0.1) is 0 Å². The highest BCUT2D eigenvalue weighted by atomic mass is 19.1. The molecule has 1 aromatic carbocycles. The van der Waals surface area contributed by atoms with Crippen LogP contribution in [0.5, 0.6) is 0 Å². The Bertz CT molecular complexity index is 1140. The van der Waals surface area contributed by atoms with E-state index in [1.54, 1.807) is 6.07 Å². The molecule has 1 N–H and O–H groups in total. The lowest BCUT2D eigenvalue weighted by molar-refractivity contribution is 0.186. The minimum atomic E-state index is -0.241. The molecular weight excluding hydrogens is 417 g/mol. The van der Waals surface area contributed by atoms with Crippen LogP contribution in [0.4, 0.5) is 10.2 Å². The zero-order valence-electron chi connectivity index (χ0n) is 20.1. The molecule has 2 aromatic heterocycles. The van der Waals surface area contributed by atoms with Crippen LogP contribution >= 0.6 is 0 Å². The second-order valence-corrected chi connectivity index (χ2v) is 9.55. The standard InChI is InChI=1S/C26H34FN5O/c1-5-18-13-21-17(3)24(23-12-16(2)31(4)30-23)26(29-25(21)22(27)14-18)32-9-6-19(7-10-32)28-20-8-11-33-15-20/h12-14,19-20,28H,5-11,15H2,1-4H3/t20-/m0/s1. The van der Waals surface area contributed by atoms with Gasteiger partial charge in [-0.3, -0.25) is 4.68 Å². The highest BCUT2D eigenvalue weighted by Crippen LogP contribution is 2.38. The molecule has 2 saturated heterocycles. The van der Waals surface area contributed by atoms with Crippen molar-refractivity contribution in [3.63, 3.8) is 0 Å². The van der Waals surface area contributed by atoms with Gasteiger partial charge in [-0.1, -0.05) is 6.92 Å². The summed E-state index contributed by atoms with van der Waals surface area (Å²) in [5.74, 6) is 0.610. The normalized spacial score (nSPS) is 19.7. The first-order chi connectivity index (χ1) is 15.9. The Morgan fingerprint density at radius 3 is 2.55 bits per heavy atom. The first-order valence-electron chi connectivity index (χ1n) is 12.2. The van der Waals surface area contributed by atoms with Crippen LogP contribution in [-0.2, 0) is 18.2 Å². The van der Waals surface area contributed by atoms with Crippen molar-refractivity contribution < 1.29 is 9.13 Å². The average molecular weight is 452 g/mol. The molecule has 0 radical (unpaired) electrons. The second kappa shape index (κ2) is 9.03. The number of benzene rings is 1. The van der Waals surface area contributed by atoms with E-state index >= 15 is 4.39 Å². The molecule has 2 aliphatic heterocycles. The van der Waals surface area contributed by atoms with Gasteiger partial charge < -0.3 is 15.0 Å². The van der Waals surface area contributed by atoms with Crippen molar-refractivity contribution in [2.45, 2.75) is 58.5 Å². The van der Waals surface area contributed by atoms with Crippen LogP contribution in [0.3, 0.4) is 0 Å². The Hall–Kier alpha value is -2.51. The van der Waals surface area contributed by atoms with E-state index in [0.29, 0.717) is 17.6 Å². The summed E-state index contributed by atoms with van der Waals surface area (Å²) in [6.45, 7) is 9.63. The van der Waals surface area contributed by atoms with Crippen LogP contribution in [0.15, 0.2) is 18.2 Å². The van der Waals surface area contributed by atoms with Crippen molar-refractivity contribution in [2.24, 2.45) is 7.05 Å². The molecule has 7 heteroatoms. The molecule has 0 saturated carbocycles. The lowest BCUT2D eigenvalue weighted by Gasteiger charge is -2.35. The number of anilines is 1. The third-order valence-electron chi connectivity index (χ3n) is 7.32. The number of nitrogens with zero attached hydrogens (tertiary/aromatic N) is 4. The van der Waals surface area contributed by atoms with Crippen LogP contribution in [0, 0.1) is 19.7 Å². The topological polar surface area (TPSA) is 55.2 Å². The molecule has 0 amide bonds. The molecule has 5 rings (SSSR count). The van der Waals surface area contributed by atoms with Crippen LogP contribution in [0.1, 0.15) is 43.0 Å². The number of piperidine rings is 1. The van der Waals surface area contributed by atoms with Gasteiger partial charge in [-0.2, -0.15) is 5.10 Å². The molecule has 2 fully saturated rings. The maximum atomic E-state index is 15.1. The van der Waals surface area contributed by atoms with Crippen LogP contribution in [0.2, 0.25) is 0 Å². The fraction of sp³-hybridized carbons (Fsp3) is 0.538. The summed E-state index contributed by atoms with van der Waals surface area (Å²) in [4.78, 5) is 7.26. The summed E-state index contributed by atoms with van der Waals surface area (Å²) in [6.07, 6.45) is 3.95. The predicted octanol–water partition coefficient (Wildman–Crippen LogP) is 4.30. The Balaban J connectivity index is 1.54. The van der Waals surface area contributed by atoms with Crippen LogP contribution < -0.4 is 10.2 Å². The fourth-order valence-electron chi connectivity index (χ4n) is 5.20. The van der Waals surface area contributed by atoms with Crippen LogP contribution in [0.25, 0.3) is 22.2 Å². The fourth-order valence-corrected chi connectivity index (χ4v) is 5.20. The number of aryl methyl sites for hydroxylation is 4. The van der Waals surface area contributed by atoms with Gasteiger partial charge in [0.05, 0.1) is 12.3 Å². The summed E-state index contributed by atoms with van der Waals surface area (Å²) in [5.41, 5.74) is 5.51. The number of halogens is 1. The quantitative estimate of drug-likeness (QED) is 0.627. The number of hydrogen-bond donors (Lipinski definition) is 1. The minimum Gasteiger partial charge on any atom is -0.380 e. The minimum absolute atomic E-state index is 0.241. The zero-order chi connectivity index (χ0) is 23.1. The molecular formula is C26H34FN5O. The average Bonchev–Trinajstić information content (AvgIpc) is 3.44. The maximum Gasteiger partial charge on any atom is 0.149 e. The molecule has 1 atom stereocenters. The summed E-state index contributed by atoms with van der Waals surface area (Å²) < 4.78 is 22.5. The summed E-state index contributed by atoms with van der Waals surface area (Å²) >= 11 is 0. The van der Waals surface area contributed by atoms with Gasteiger partial charge in [0.25, 0.3) is 0 Å². The van der Waals surface area contributed by atoms with Gasteiger partial charge in [0, 0.05) is 55.5 Å². The SMILES string of the molecule is CCc1cc(F)c2nc(N3CCC(N[C@H]4CCOC4)CC3)c(-c3cc(C)n(C)n3)c(C)c2c1. The molecule has 0 spiro atoms. The van der Waals surface area contributed by atoms with E-state index in [-0.39, 0.29) is 5.82 Å². The third-order valence-corrected chi connectivity index (χ3v) is 7.32. The molecule has 4 heterocycles. The number of aromatic nitrogens is 3. The van der Waals surface area contributed by atoms with E-state index in [1.165, 1.54) is 0 Å². The molecule has 6 nitrogen and oxygen atoms in total. The third kappa shape index (κ3) is 4.24. The largest absolute Gasteiger partial charge is 0.380 e. The predicted molar refractivity (Wildman–Crippen MR) is 130 cm³/mol. The maximum absolute atomic E-state index is 15.1. The number of hydrogen-bond acceptors (Lipinski definition) is 5. The second-order valence-electron chi connectivity index (χ2n) is 9.55. The highest BCUT2D eigenvalue weighted by molar-refractivity contribution is 5.94. The van der Waals surface area contributed by atoms with Crippen molar-refractivity contribution >= 4 is 16.7 Å². The molecule has 176 valence electrons. The van der Waals surface area contributed by atoms with Gasteiger partial charge in [0.2, 0.25) is 0 Å². The smallest absolute Gasteiger partial charge is 0.149 e. The van der Waals surface area contributed by atoms with Crippen LogP contribution in [-0.4, -0.2) is 53.2 Å². The summed E-state index contributed by atoms with van der Waals surface area (Å²) in [6, 6.07) is 6.77. The molecule has 0 bridgehead atoms. The van der Waals surface area contributed by atoms with Crippen molar-refractivity contribution in [3.8, 4) is 11.3 Å². The first-order valence-corrected chi connectivity index (χ1v) is 12.2. The van der Waals surface area contributed by atoms with E-state index in [1.807, 2.05) is 11.7 Å². The Morgan fingerprint density at radius 1 is 1.12 bits per heavy atom. The number of fused-ring (bicyclic) bond motifs is 1. The summed E-state index contributed by atoms with van der Waals surface area (Å²) in [7, 11) is 1.96. The molecule has 3 aromatic rings. The van der Waals surface area contributed by atoms with E-state index < -0.39 is 0 Å². The van der Waals surface area contributed by atoms with Crippen molar-refractivity contribution in [3.05, 3.63) is 40.8 Å². The van der Waals surface area contributed by atoms with E-state index in [4.69, 9.17) is 14.8 Å². The molecule has 33 heavy (non-hydrogen) atoms. The van der Waals surface area contributed by atoms with Crippen molar-refractivity contribution in [2.75, 3.05) is 31.2 Å². The Kier molecular flexibility index (Phi) is 6.10. The molecule has 2 aliphatic rings. The Morgan fingerprint density at radius 2 is 1.91 bits per heavy atom. The van der Waals surface area contributed by atoms with Gasteiger partial charge in [-0.05, 0) is 68.9 Å². The van der Waals surface area contributed by atoms with Gasteiger partial charge in [0.1, 0.15) is 17.2 Å². The van der Waals surface area contributed by atoms with Crippen molar-refractivity contribution in [1.29, 1.82) is 0 Å². The first kappa shape index (κ1) is 22.3. The molecule has 0 unspecified atom stereocenters. The number of rotatable bonds is 5. The lowest BCUT2D eigenvalue weighted by Crippen LogP contribution is -2.46.